The molecule has 1 fully saturated rings. The van der Waals surface area contributed by atoms with Crippen LogP contribution < -0.4 is 0 Å². The minimum Gasteiger partial charge on any atom is -0.452 e. The van der Waals surface area contributed by atoms with Crippen molar-refractivity contribution in [1.29, 1.82) is 0 Å². The van der Waals surface area contributed by atoms with Crippen LogP contribution in [0.4, 0.5) is 0 Å². The number of benzene rings is 1. The van der Waals surface area contributed by atoms with Gasteiger partial charge in [0, 0.05) is 15.7 Å². The first-order valence-corrected chi connectivity index (χ1v) is 11.1. The van der Waals surface area contributed by atoms with E-state index in [0.717, 1.165) is 3.57 Å². The molecular formula is C17H22INO5S. The van der Waals surface area contributed by atoms with Crippen LogP contribution >= 0.6 is 22.6 Å². The number of hydrogen-bond donors (Lipinski definition) is 0. The summed E-state index contributed by atoms with van der Waals surface area (Å²) in [5.41, 5.74) is 0.387. The van der Waals surface area contributed by atoms with Gasteiger partial charge < -0.3 is 9.64 Å². The van der Waals surface area contributed by atoms with Crippen molar-refractivity contribution < 1.29 is 22.7 Å². The van der Waals surface area contributed by atoms with Crippen LogP contribution in [0.3, 0.4) is 0 Å². The van der Waals surface area contributed by atoms with E-state index < -0.39 is 15.8 Å². The first-order valence-electron chi connectivity index (χ1n) is 8.17. The highest BCUT2D eigenvalue weighted by atomic mass is 127. The molecular weight excluding hydrogens is 457 g/mol. The largest absolute Gasteiger partial charge is 0.452 e. The van der Waals surface area contributed by atoms with Crippen LogP contribution in [0.5, 0.6) is 0 Å². The summed E-state index contributed by atoms with van der Waals surface area (Å²) in [5, 5.41) is 0. The number of esters is 1. The first-order chi connectivity index (χ1) is 11.7. The molecule has 2 rings (SSSR count). The molecule has 6 nitrogen and oxygen atoms in total. The SMILES string of the molecule is CCC(C)N(C(=O)COC(=O)c1cccc(I)c1)C1CCS(=O)(=O)C1. The molecule has 138 valence electrons. The summed E-state index contributed by atoms with van der Waals surface area (Å²) in [7, 11) is -3.10. The van der Waals surface area contributed by atoms with Crippen LogP contribution in [0.2, 0.25) is 0 Å². The van der Waals surface area contributed by atoms with Crippen molar-refractivity contribution in [3.05, 3.63) is 33.4 Å². The van der Waals surface area contributed by atoms with Gasteiger partial charge in [0.1, 0.15) is 0 Å². The van der Waals surface area contributed by atoms with Gasteiger partial charge in [-0.05, 0) is 60.6 Å². The van der Waals surface area contributed by atoms with Crippen molar-refractivity contribution in [3.63, 3.8) is 0 Å². The quantitative estimate of drug-likeness (QED) is 0.462. The molecule has 0 radical (unpaired) electrons. The van der Waals surface area contributed by atoms with E-state index in [1.807, 2.05) is 19.9 Å². The predicted molar refractivity (Wildman–Crippen MR) is 103 cm³/mol. The van der Waals surface area contributed by atoms with E-state index >= 15 is 0 Å². The average molecular weight is 479 g/mol. The maximum atomic E-state index is 12.6. The maximum absolute atomic E-state index is 12.6. The Labute approximate surface area is 162 Å². The molecule has 0 aliphatic carbocycles. The lowest BCUT2D eigenvalue weighted by Gasteiger charge is -2.33. The topological polar surface area (TPSA) is 80.8 Å². The number of amides is 1. The highest BCUT2D eigenvalue weighted by Crippen LogP contribution is 2.21. The molecule has 1 aromatic carbocycles. The van der Waals surface area contributed by atoms with Gasteiger partial charge in [-0.1, -0.05) is 13.0 Å². The molecule has 0 N–H and O–H groups in total. The molecule has 1 aromatic rings. The average Bonchev–Trinajstić information content (AvgIpc) is 2.92. The predicted octanol–water partition coefficient (Wildman–Crippen LogP) is 2.26. The number of rotatable bonds is 6. The van der Waals surface area contributed by atoms with Crippen LogP contribution in [0, 0.1) is 3.57 Å². The summed E-state index contributed by atoms with van der Waals surface area (Å²) in [5.74, 6) is -0.834. The molecule has 0 saturated carbocycles. The molecule has 2 unspecified atom stereocenters. The normalized spacial score (nSPS) is 20.0. The third-order valence-electron chi connectivity index (χ3n) is 4.34. The lowest BCUT2D eigenvalue weighted by molar-refractivity contribution is -0.138. The Bertz CT molecular complexity index is 749. The smallest absolute Gasteiger partial charge is 0.338 e. The highest BCUT2D eigenvalue weighted by molar-refractivity contribution is 14.1. The van der Waals surface area contributed by atoms with Crippen molar-refractivity contribution in [2.24, 2.45) is 0 Å². The third-order valence-corrected chi connectivity index (χ3v) is 6.76. The van der Waals surface area contributed by atoms with Crippen LogP contribution in [-0.2, 0) is 19.4 Å². The Hall–Kier alpha value is -1.16. The summed E-state index contributed by atoms with van der Waals surface area (Å²) in [4.78, 5) is 26.3. The third kappa shape index (κ3) is 5.40. The molecule has 0 spiro atoms. The second kappa shape index (κ2) is 8.48. The van der Waals surface area contributed by atoms with E-state index in [4.69, 9.17) is 4.74 Å². The molecule has 1 saturated heterocycles. The Balaban J connectivity index is 2.03. The monoisotopic (exact) mass is 479 g/mol. The van der Waals surface area contributed by atoms with Gasteiger partial charge >= 0.3 is 5.97 Å². The van der Waals surface area contributed by atoms with Crippen LogP contribution in [0.1, 0.15) is 37.0 Å². The Kier molecular flexibility index (Phi) is 6.84. The molecule has 8 heteroatoms. The van der Waals surface area contributed by atoms with E-state index in [1.165, 1.54) is 0 Å². The zero-order chi connectivity index (χ0) is 18.6. The van der Waals surface area contributed by atoms with Gasteiger partial charge in [0.15, 0.2) is 16.4 Å². The van der Waals surface area contributed by atoms with E-state index in [2.05, 4.69) is 22.6 Å². The number of ether oxygens (including phenoxy) is 1. The Morgan fingerprint density at radius 1 is 1.40 bits per heavy atom. The molecule has 0 aromatic heterocycles. The van der Waals surface area contributed by atoms with Gasteiger partial charge in [-0.2, -0.15) is 0 Å². The van der Waals surface area contributed by atoms with Crippen molar-refractivity contribution in [1.82, 2.24) is 4.90 Å². The number of sulfone groups is 1. The van der Waals surface area contributed by atoms with Crippen LogP contribution in [-0.4, -0.2) is 55.4 Å². The summed E-state index contributed by atoms with van der Waals surface area (Å²) >= 11 is 2.09. The number of carbonyl (C=O) groups is 2. The van der Waals surface area contributed by atoms with E-state index in [1.54, 1.807) is 23.1 Å². The van der Waals surface area contributed by atoms with Crippen molar-refractivity contribution >= 4 is 44.3 Å². The second-order valence-corrected chi connectivity index (χ2v) is 9.68. The van der Waals surface area contributed by atoms with Gasteiger partial charge in [-0.15, -0.1) is 0 Å². The van der Waals surface area contributed by atoms with Gasteiger partial charge in [0.25, 0.3) is 5.91 Å². The number of nitrogens with zero attached hydrogens (tertiary/aromatic N) is 1. The summed E-state index contributed by atoms with van der Waals surface area (Å²) in [6, 6.07) is 6.46. The standard InChI is InChI=1S/C17H22INO5S/c1-3-12(2)19(15-7-8-25(22,23)11-15)16(20)10-24-17(21)13-5-4-6-14(18)9-13/h4-6,9,12,15H,3,7-8,10-11H2,1-2H3. The fourth-order valence-corrected chi connectivity index (χ4v) is 5.16. The number of hydrogen-bond acceptors (Lipinski definition) is 5. The van der Waals surface area contributed by atoms with Gasteiger partial charge in [-0.25, -0.2) is 13.2 Å². The number of carbonyl (C=O) groups excluding carboxylic acids is 2. The fourth-order valence-electron chi connectivity index (χ4n) is 2.90. The minimum absolute atomic E-state index is 0.0199. The first kappa shape index (κ1) is 20.2. The van der Waals surface area contributed by atoms with Gasteiger partial charge in [0.05, 0.1) is 17.1 Å². The maximum Gasteiger partial charge on any atom is 0.338 e. The lowest BCUT2D eigenvalue weighted by Crippen LogP contribution is -2.48. The van der Waals surface area contributed by atoms with E-state index in [9.17, 15) is 18.0 Å². The van der Waals surface area contributed by atoms with E-state index in [0.29, 0.717) is 18.4 Å². The molecule has 1 amide bonds. The highest BCUT2D eigenvalue weighted by Gasteiger charge is 2.36. The Morgan fingerprint density at radius 3 is 2.68 bits per heavy atom. The summed E-state index contributed by atoms with van der Waals surface area (Å²) in [6.07, 6.45) is 1.14. The summed E-state index contributed by atoms with van der Waals surface area (Å²) in [6.45, 7) is 3.43. The van der Waals surface area contributed by atoms with Crippen LogP contribution in [0.15, 0.2) is 24.3 Å². The van der Waals surface area contributed by atoms with Gasteiger partial charge in [-0.3, -0.25) is 4.79 Å². The lowest BCUT2D eigenvalue weighted by atomic mass is 10.1. The molecule has 1 aliphatic rings. The van der Waals surface area contributed by atoms with Crippen LogP contribution in [0.25, 0.3) is 0 Å². The van der Waals surface area contributed by atoms with Crippen molar-refractivity contribution in [2.75, 3.05) is 18.1 Å². The fraction of sp³-hybridized carbons (Fsp3) is 0.529. The van der Waals surface area contributed by atoms with Crippen molar-refractivity contribution in [3.8, 4) is 0 Å². The van der Waals surface area contributed by atoms with E-state index in [-0.39, 0.29) is 36.1 Å². The minimum atomic E-state index is -3.10. The Morgan fingerprint density at radius 2 is 2.12 bits per heavy atom. The van der Waals surface area contributed by atoms with Gasteiger partial charge in [0.2, 0.25) is 0 Å². The zero-order valence-corrected chi connectivity index (χ0v) is 17.2. The molecule has 1 aliphatic heterocycles. The zero-order valence-electron chi connectivity index (χ0n) is 14.3. The molecule has 25 heavy (non-hydrogen) atoms. The molecule has 1 heterocycles. The van der Waals surface area contributed by atoms with Crippen molar-refractivity contribution in [2.45, 2.75) is 38.8 Å². The number of halogens is 1. The second-order valence-electron chi connectivity index (χ2n) is 6.20. The summed E-state index contributed by atoms with van der Waals surface area (Å²) < 4.78 is 29.5. The molecule has 2 atom stereocenters. The molecule has 0 bridgehead atoms.